The molecule has 2 aromatic heterocycles. The SMILES string of the molecule is O=C(NC1CC1)OC[C@H]1OC(n2cnc3c(NC4CCOC4)ncnc32)C(O)[C@@H]1O. The van der Waals surface area contributed by atoms with Crippen molar-refractivity contribution in [2.75, 3.05) is 25.1 Å². The third kappa shape index (κ3) is 3.78. The van der Waals surface area contributed by atoms with Crippen LogP contribution in [0.4, 0.5) is 10.6 Å². The minimum Gasteiger partial charge on any atom is -0.447 e. The summed E-state index contributed by atoms with van der Waals surface area (Å²) in [6.07, 6.45) is 0.825. The predicted octanol–water partition coefficient (Wildman–Crippen LogP) is -0.465. The zero-order valence-electron chi connectivity index (χ0n) is 16.2. The van der Waals surface area contributed by atoms with Crippen LogP contribution >= 0.6 is 0 Å². The van der Waals surface area contributed by atoms with Gasteiger partial charge in [-0.1, -0.05) is 0 Å². The first-order chi connectivity index (χ1) is 14.6. The van der Waals surface area contributed by atoms with Crippen LogP contribution < -0.4 is 10.6 Å². The molecule has 1 saturated carbocycles. The van der Waals surface area contributed by atoms with Crippen molar-refractivity contribution in [1.82, 2.24) is 24.8 Å². The maximum absolute atomic E-state index is 11.7. The average molecular weight is 420 g/mol. The highest BCUT2D eigenvalue weighted by atomic mass is 16.6. The number of amides is 1. The van der Waals surface area contributed by atoms with Gasteiger partial charge in [-0.05, 0) is 19.3 Å². The maximum atomic E-state index is 11.7. The first-order valence-electron chi connectivity index (χ1n) is 10.1. The van der Waals surface area contributed by atoms with Crippen LogP contribution in [0.3, 0.4) is 0 Å². The quantitative estimate of drug-likeness (QED) is 0.483. The van der Waals surface area contributed by atoms with Crippen molar-refractivity contribution in [2.24, 2.45) is 0 Å². The lowest BCUT2D eigenvalue weighted by Crippen LogP contribution is -2.36. The number of aromatic nitrogens is 4. The van der Waals surface area contributed by atoms with E-state index in [1.54, 1.807) is 4.57 Å². The molecule has 3 unspecified atom stereocenters. The van der Waals surface area contributed by atoms with Gasteiger partial charge in [-0.2, -0.15) is 0 Å². The molecule has 2 aliphatic heterocycles. The Labute approximate surface area is 171 Å². The lowest BCUT2D eigenvalue weighted by atomic mass is 10.1. The van der Waals surface area contributed by atoms with E-state index in [1.807, 2.05) is 0 Å². The molecule has 0 bridgehead atoms. The molecule has 12 heteroatoms. The fourth-order valence-electron chi connectivity index (χ4n) is 3.68. The minimum absolute atomic E-state index is 0.145. The summed E-state index contributed by atoms with van der Waals surface area (Å²) in [5.41, 5.74) is 0.980. The number of aliphatic hydroxyl groups excluding tert-OH is 2. The van der Waals surface area contributed by atoms with Gasteiger partial charge in [-0.25, -0.2) is 19.7 Å². The normalized spacial score (nSPS) is 31.2. The van der Waals surface area contributed by atoms with Crippen molar-refractivity contribution in [3.63, 3.8) is 0 Å². The Kier molecular flexibility index (Phi) is 5.15. The number of hydrogen-bond donors (Lipinski definition) is 4. The second kappa shape index (κ2) is 7.95. The Balaban J connectivity index is 1.30. The van der Waals surface area contributed by atoms with E-state index >= 15 is 0 Å². The number of anilines is 1. The van der Waals surface area contributed by atoms with E-state index in [0.717, 1.165) is 19.3 Å². The lowest BCUT2D eigenvalue weighted by Gasteiger charge is -2.17. The minimum atomic E-state index is -1.24. The van der Waals surface area contributed by atoms with Crippen molar-refractivity contribution in [1.29, 1.82) is 0 Å². The Morgan fingerprint density at radius 2 is 2.07 bits per heavy atom. The zero-order valence-corrected chi connectivity index (χ0v) is 16.2. The molecule has 4 heterocycles. The number of carbonyl (C=O) groups is 1. The van der Waals surface area contributed by atoms with Gasteiger partial charge < -0.3 is 35.1 Å². The predicted molar refractivity (Wildman–Crippen MR) is 102 cm³/mol. The van der Waals surface area contributed by atoms with Gasteiger partial charge >= 0.3 is 6.09 Å². The molecule has 5 rings (SSSR count). The number of fused-ring (bicyclic) bond motifs is 1. The molecule has 162 valence electrons. The van der Waals surface area contributed by atoms with Crippen LogP contribution in [-0.2, 0) is 14.2 Å². The largest absolute Gasteiger partial charge is 0.447 e. The van der Waals surface area contributed by atoms with E-state index in [1.165, 1.54) is 12.7 Å². The van der Waals surface area contributed by atoms with Gasteiger partial charge in [0.1, 0.15) is 31.2 Å². The Bertz CT molecular complexity index is 914. The molecular weight excluding hydrogens is 396 g/mol. The van der Waals surface area contributed by atoms with E-state index in [2.05, 4.69) is 25.6 Å². The number of nitrogens with zero attached hydrogens (tertiary/aromatic N) is 4. The number of carbonyl (C=O) groups excluding carboxylic acids is 1. The summed E-state index contributed by atoms with van der Waals surface area (Å²) in [4.78, 5) is 24.6. The van der Waals surface area contributed by atoms with Crippen LogP contribution in [0.25, 0.3) is 11.2 Å². The number of imidazole rings is 1. The van der Waals surface area contributed by atoms with Gasteiger partial charge in [0.2, 0.25) is 0 Å². The van der Waals surface area contributed by atoms with E-state index < -0.39 is 30.6 Å². The molecule has 2 aromatic rings. The molecule has 3 fully saturated rings. The van der Waals surface area contributed by atoms with Gasteiger partial charge in [0, 0.05) is 12.6 Å². The third-order valence-electron chi connectivity index (χ3n) is 5.52. The smallest absolute Gasteiger partial charge is 0.407 e. The Morgan fingerprint density at radius 1 is 1.20 bits per heavy atom. The fourth-order valence-corrected chi connectivity index (χ4v) is 3.68. The summed E-state index contributed by atoms with van der Waals surface area (Å²) in [7, 11) is 0. The third-order valence-corrected chi connectivity index (χ3v) is 5.52. The first kappa shape index (κ1) is 19.4. The summed E-state index contributed by atoms with van der Waals surface area (Å²) in [6, 6.07) is 0.313. The molecule has 2 saturated heterocycles. The highest BCUT2D eigenvalue weighted by molar-refractivity contribution is 5.82. The van der Waals surface area contributed by atoms with Gasteiger partial charge in [0.05, 0.1) is 19.0 Å². The molecule has 1 aliphatic carbocycles. The first-order valence-corrected chi connectivity index (χ1v) is 10.1. The Hall–Kier alpha value is -2.54. The molecule has 0 radical (unpaired) electrons. The molecule has 0 spiro atoms. The number of ether oxygens (including phenoxy) is 3. The highest BCUT2D eigenvalue weighted by Gasteiger charge is 2.45. The monoisotopic (exact) mass is 420 g/mol. The van der Waals surface area contributed by atoms with Gasteiger partial charge in [0.25, 0.3) is 0 Å². The number of alkyl carbamates (subject to hydrolysis) is 1. The number of rotatable bonds is 6. The van der Waals surface area contributed by atoms with Crippen molar-refractivity contribution in [3.8, 4) is 0 Å². The van der Waals surface area contributed by atoms with Gasteiger partial charge in [-0.3, -0.25) is 4.57 Å². The van der Waals surface area contributed by atoms with E-state index in [-0.39, 0.29) is 18.7 Å². The standard InChI is InChI=1S/C18H24N6O6/c25-13-11(6-29-18(27)23-9-1-2-9)30-17(14(13)26)24-8-21-12-15(19-7-20-16(12)24)22-10-3-4-28-5-10/h7-11,13-14,17,25-26H,1-6H2,(H,23,27)(H,19,20,22)/t10?,11-,13-,14?,17?/m1/s1. The van der Waals surface area contributed by atoms with Crippen LogP contribution in [0.5, 0.6) is 0 Å². The number of hydrogen-bond acceptors (Lipinski definition) is 10. The molecule has 5 atom stereocenters. The van der Waals surface area contributed by atoms with Gasteiger partial charge in [-0.15, -0.1) is 0 Å². The summed E-state index contributed by atoms with van der Waals surface area (Å²) < 4.78 is 17.8. The van der Waals surface area contributed by atoms with Crippen molar-refractivity contribution >= 4 is 23.1 Å². The lowest BCUT2D eigenvalue weighted by molar-refractivity contribution is -0.0533. The second-order valence-corrected chi connectivity index (χ2v) is 7.81. The number of nitrogens with one attached hydrogen (secondary N) is 2. The van der Waals surface area contributed by atoms with Crippen molar-refractivity contribution < 1.29 is 29.2 Å². The van der Waals surface area contributed by atoms with Crippen LogP contribution in [0.1, 0.15) is 25.5 Å². The highest BCUT2D eigenvalue weighted by Crippen LogP contribution is 2.32. The van der Waals surface area contributed by atoms with Crippen LogP contribution in [-0.4, -0.2) is 86.0 Å². The molecule has 3 aliphatic rings. The van der Waals surface area contributed by atoms with E-state index in [0.29, 0.717) is 30.2 Å². The summed E-state index contributed by atoms with van der Waals surface area (Å²) in [5.74, 6) is 0.568. The summed E-state index contributed by atoms with van der Waals surface area (Å²) in [6.45, 7) is 1.12. The molecule has 30 heavy (non-hydrogen) atoms. The molecule has 0 aromatic carbocycles. The second-order valence-electron chi connectivity index (χ2n) is 7.81. The fraction of sp³-hybridized carbons (Fsp3) is 0.667. The molecule has 12 nitrogen and oxygen atoms in total. The summed E-state index contributed by atoms with van der Waals surface area (Å²) >= 11 is 0. The molecule has 4 N–H and O–H groups in total. The average Bonchev–Trinajstić information content (AvgIpc) is 3.12. The van der Waals surface area contributed by atoms with E-state index in [9.17, 15) is 15.0 Å². The summed E-state index contributed by atoms with van der Waals surface area (Å²) in [5, 5.41) is 26.9. The number of aliphatic hydroxyl groups is 2. The van der Waals surface area contributed by atoms with Crippen LogP contribution in [0, 0.1) is 0 Å². The topological polar surface area (TPSA) is 153 Å². The zero-order chi connectivity index (χ0) is 20.7. The van der Waals surface area contributed by atoms with Crippen molar-refractivity contribution in [2.45, 2.75) is 55.9 Å². The van der Waals surface area contributed by atoms with Gasteiger partial charge in [0.15, 0.2) is 23.2 Å². The van der Waals surface area contributed by atoms with Crippen LogP contribution in [0.15, 0.2) is 12.7 Å². The molecular formula is C18H24N6O6. The molecule has 1 amide bonds. The van der Waals surface area contributed by atoms with Crippen molar-refractivity contribution in [3.05, 3.63) is 12.7 Å². The Morgan fingerprint density at radius 3 is 2.83 bits per heavy atom. The van der Waals surface area contributed by atoms with E-state index in [4.69, 9.17) is 14.2 Å². The van der Waals surface area contributed by atoms with Crippen LogP contribution in [0.2, 0.25) is 0 Å². The maximum Gasteiger partial charge on any atom is 0.407 e.